The summed E-state index contributed by atoms with van der Waals surface area (Å²) in [6, 6.07) is 0. The Morgan fingerprint density at radius 1 is 0.692 bits per heavy atom. The molecule has 0 fully saturated rings. The number of hydrogen-bond donors (Lipinski definition) is 2. The number of amides is 2. The second kappa shape index (κ2) is 9.35. The molecular formula is C18H30N2O6. The number of esters is 2. The first-order valence-corrected chi connectivity index (χ1v) is 8.34. The maximum absolute atomic E-state index is 11.8. The molecule has 148 valence electrons. The summed E-state index contributed by atoms with van der Waals surface area (Å²) in [6.45, 7) is 13.6. The molecule has 2 N–H and O–H groups in total. The predicted octanol–water partition coefficient (Wildman–Crippen LogP) is 1.24. The van der Waals surface area contributed by atoms with E-state index in [0.29, 0.717) is 0 Å². The summed E-state index contributed by atoms with van der Waals surface area (Å²) in [7, 11) is 0. The van der Waals surface area contributed by atoms with E-state index in [1.54, 1.807) is 41.5 Å². The number of nitrogens with one attached hydrogen (secondary N) is 2. The van der Waals surface area contributed by atoms with Gasteiger partial charge < -0.3 is 20.1 Å². The second-order valence-electron chi connectivity index (χ2n) is 7.97. The molecule has 0 heterocycles. The molecule has 0 spiro atoms. The van der Waals surface area contributed by atoms with Gasteiger partial charge in [-0.15, -0.1) is 0 Å². The van der Waals surface area contributed by atoms with E-state index in [9.17, 15) is 19.2 Å². The number of rotatable bonds is 6. The Hall–Kier alpha value is -2.38. The molecule has 2 atom stereocenters. The maximum atomic E-state index is 11.8. The van der Waals surface area contributed by atoms with Gasteiger partial charge in [-0.05, 0) is 55.4 Å². The molecule has 0 aromatic heterocycles. The van der Waals surface area contributed by atoms with Gasteiger partial charge in [0, 0.05) is 23.2 Å². The predicted molar refractivity (Wildman–Crippen MR) is 96.0 cm³/mol. The minimum atomic E-state index is -1.01. The van der Waals surface area contributed by atoms with E-state index >= 15 is 0 Å². The Labute approximate surface area is 154 Å². The summed E-state index contributed by atoms with van der Waals surface area (Å²) in [5, 5.41) is 5.34. The topological polar surface area (TPSA) is 111 Å². The largest absolute Gasteiger partial charge is 0.449 e. The minimum Gasteiger partial charge on any atom is -0.449 e. The maximum Gasteiger partial charge on any atom is 0.331 e. The van der Waals surface area contributed by atoms with E-state index in [0.717, 1.165) is 12.2 Å². The third kappa shape index (κ3) is 11.2. The number of hydrogen-bond acceptors (Lipinski definition) is 6. The van der Waals surface area contributed by atoms with Gasteiger partial charge in [0.25, 0.3) is 11.8 Å². The fraction of sp³-hybridized carbons (Fsp3) is 0.667. The van der Waals surface area contributed by atoms with Crippen molar-refractivity contribution in [1.82, 2.24) is 10.6 Å². The van der Waals surface area contributed by atoms with Gasteiger partial charge in [0.15, 0.2) is 12.2 Å². The van der Waals surface area contributed by atoms with Crippen molar-refractivity contribution in [2.24, 2.45) is 0 Å². The zero-order chi connectivity index (χ0) is 20.7. The van der Waals surface area contributed by atoms with Crippen LogP contribution in [-0.4, -0.2) is 47.0 Å². The molecule has 2 unspecified atom stereocenters. The van der Waals surface area contributed by atoms with Crippen molar-refractivity contribution >= 4 is 23.8 Å². The highest BCUT2D eigenvalue weighted by Gasteiger charge is 2.23. The van der Waals surface area contributed by atoms with Crippen LogP contribution in [0.5, 0.6) is 0 Å². The lowest BCUT2D eigenvalue weighted by Gasteiger charge is -2.23. The molecule has 0 aliphatic carbocycles. The fourth-order valence-electron chi connectivity index (χ4n) is 1.61. The highest BCUT2D eigenvalue weighted by atomic mass is 16.6. The summed E-state index contributed by atoms with van der Waals surface area (Å²) >= 11 is 0. The molecule has 0 bridgehead atoms. The van der Waals surface area contributed by atoms with Gasteiger partial charge >= 0.3 is 11.9 Å². The average molecular weight is 370 g/mol. The summed E-state index contributed by atoms with van der Waals surface area (Å²) < 4.78 is 9.80. The molecule has 0 aliphatic rings. The fourth-order valence-corrected chi connectivity index (χ4v) is 1.61. The van der Waals surface area contributed by atoms with Crippen molar-refractivity contribution in [1.29, 1.82) is 0 Å². The lowest BCUT2D eigenvalue weighted by molar-refractivity contribution is -0.152. The van der Waals surface area contributed by atoms with Crippen LogP contribution in [0, 0.1) is 0 Å². The van der Waals surface area contributed by atoms with Crippen LogP contribution in [0.2, 0.25) is 0 Å². The third-order valence-corrected chi connectivity index (χ3v) is 2.68. The molecule has 8 heteroatoms. The van der Waals surface area contributed by atoms with Gasteiger partial charge in [-0.1, -0.05) is 0 Å². The standard InChI is InChI=1S/C18H30N2O6/c1-11(15(23)19-17(3,4)5)25-13(21)9-10-14(22)26-12(2)16(24)20-18(6,7)8/h9-12H,1-8H3,(H,19,23)(H,20,24)/b10-9+. The number of carbonyl (C=O) groups is 4. The summed E-state index contributed by atoms with van der Waals surface area (Å²) in [4.78, 5) is 47.0. The van der Waals surface area contributed by atoms with Crippen molar-refractivity contribution in [3.8, 4) is 0 Å². The zero-order valence-corrected chi connectivity index (χ0v) is 16.8. The van der Waals surface area contributed by atoms with E-state index in [2.05, 4.69) is 10.6 Å². The Morgan fingerprint density at radius 2 is 0.962 bits per heavy atom. The quantitative estimate of drug-likeness (QED) is 0.537. The molecule has 0 radical (unpaired) electrons. The van der Waals surface area contributed by atoms with Crippen LogP contribution in [0.4, 0.5) is 0 Å². The molecule has 0 aliphatic heterocycles. The van der Waals surface area contributed by atoms with E-state index in [4.69, 9.17) is 9.47 Å². The molecule has 0 aromatic carbocycles. The van der Waals surface area contributed by atoms with Crippen LogP contribution < -0.4 is 10.6 Å². The summed E-state index contributed by atoms with van der Waals surface area (Å²) in [6.07, 6.45) is -0.340. The van der Waals surface area contributed by atoms with Gasteiger partial charge in [0.1, 0.15) is 0 Å². The van der Waals surface area contributed by atoms with Gasteiger partial charge in [-0.3, -0.25) is 9.59 Å². The van der Waals surface area contributed by atoms with Crippen LogP contribution in [0.3, 0.4) is 0 Å². The Balaban J connectivity index is 4.49. The van der Waals surface area contributed by atoms with E-state index in [-0.39, 0.29) is 0 Å². The zero-order valence-electron chi connectivity index (χ0n) is 16.8. The van der Waals surface area contributed by atoms with Crippen LogP contribution >= 0.6 is 0 Å². The molecule has 0 saturated heterocycles. The van der Waals surface area contributed by atoms with Gasteiger partial charge in [-0.2, -0.15) is 0 Å². The molecular weight excluding hydrogens is 340 g/mol. The van der Waals surface area contributed by atoms with Crippen molar-refractivity contribution in [2.45, 2.75) is 78.7 Å². The molecule has 2 amide bonds. The Morgan fingerprint density at radius 3 is 1.19 bits per heavy atom. The van der Waals surface area contributed by atoms with E-state index < -0.39 is 47.0 Å². The second-order valence-corrected chi connectivity index (χ2v) is 7.97. The normalized spacial score (nSPS) is 14.3. The Kier molecular flexibility index (Phi) is 8.50. The van der Waals surface area contributed by atoms with Crippen molar-refractivity contribution < 1.29 is 28.7 Å². The van der Waals surface area contributed by atoms with E-state index in [1.165, 1.54) is 13.8 Å². The van der Waals surface area contributed by atoms with Gasteiger partial charge in [0.05, 0.1) is 0 Å². The molecule has 0 rings (SSSR count). The van der Waals surface area contributed by atoms with Crippen molar-refractivity contribution in [2.75, 3.05) is 0 Å². The highest BCUT2D eigenvalue weighted by molar-refractivity contribution is 5.94. The first-order valence-electron chi connectivity index (χ1n) is 8.34. The molecule has 0 saturated carbocycles. The third-order valence-electron chi connectivity index (χ3n) is 2.68. The molecule has 8 nitrogen and oxygen atoms in total. The van der Waals surface area contributed by atoms with Crippen LogP contribution in [0.15, 0.2) is 12.2 Å². The first-order chi connectivity index (χ1) is 11.6. The van der Waals surface area contributed by atoms with Crippen LogP contribution in [0.25, 0.3) is 0 Å². The van der Waals surface area contributed by atoms with Crippen LogP contribution in [0.1, 0.15) is 55.4 Å². The lowest BCUT2D eigenvalue weighted by atomic mass is 10.1. The lowest BCUT2D eigenvalue weighted by Crippen LogP contribution is -2.46. The smallest absolute Gasteiger partial charge is 0.331 e. The number of carbonyl (C=O) groups excluding carboxylic acids is 4. The Bertz CT molecular complexity index is 519. The average Bonchev–Trinajstić information content (AvgIpc) is 2.41. The van der Waals surface area contributed by atoms with Crippen molar-refractivity contribution in [3.63, 3.8) is 0 Å². The monoisotopic (exact) mass is 370 g/mol. The molecule has 26 heavy (non-hydrogen) atoms. The molecule has 0 aromatic rings. The van der Waals surface area contributed by atoms with Gasteiger partial charge in [0.2, 0.25) is 0 Å². The number of ether oxygens (including phenoxy) is 2. The SMILES string of the molecule is CC(OC(=O)/C=C/C(=O)OC(C)C(=O)NC(C)(C)C)C(=O)NC(C)(C)C. The minimum absolute atomic E-state index is 0.450. The summed E-state index contributed by atoms with van der Waals surface area (Å²) in [5.74, 6) is -2.64. The highest BCUT2D eigenvalue weighted by Crippen LogP contribution is 2.03. The van der Waals surface area contributed by atoms with Gasteiger partial charge in [-0.25, -0.2) is 9.59 Å². The van der Waals surface area contributed by atoms with Crippen molar-refractivity contribution in [3.05, 3.63) is 12.2 Å². The van der Waals surface area contributed by atoms with E-state index in [1.807, 2.05) is 0 Å². The van der Waals surface area contributed by atoms with Crippen LogP contribution in [-0.2, 0) is 28.7 Å². The summed E-state index contributed by atoms with van der Waals surface area (Å²) in [5.41, 5.74) is -0.914. The first kappa shape index (κ1) is 23.6.